The number of halogens is 2. The van der Waals surface area contributed by atoms with E-state index in [4.69, 9.17) is 5.73 Å². The average molecular weight is 523 g/mol. The SMILES string of the molecule is CCC[C@@H](NC(=O)N1C(=O)[C@H](Cc2ccnc(N)c2)[C@H]1C(=O)N(C)c1ccncc1)c1ccc(F)c(F)c1. The van der Waals surface area contributed by atoms with Gasteiger partial charge in [0.2, 0.25) is 5.91 Å². The van der Waals surface area contributed by atoms with Crippen LogP contribution < -0.4 is 16.0 Å². The molecule has 2 aromatic heterocycles. The van der Waals surface area contributed by atoms with Gasteiger partial charge in [-0.2, -0.15) is 0 Å². The first-order valence-corrected chi connectivity index (χ1v) is 12.2. The molecule has 11 heteroatoms. The van der Waals surface area contributed by atoms with E-state index in [0.717, 1.165) is 17.0 Å². The lowest BCUT2D eigenvalue weighted by molar-refractivity contribution is -0.156. The average Bonchev–Trinajstić information content (AvgIpc) is 2.91. The minimum atomic E-state index is -1.10. The molecule has 1 aliphatic heterocycles. The molecule has 0 unspecified atom stereocenters. The number of rotatable bonds is 8. The Kier molecular flexibility index (Phi) is 7.94. The molecule has 4 amide bonds. The fourth-order valence-corrected chi connectivity index (χ4v) is 4.58. The van der Waals surface area contributed by atoms with E-state index in [1.54, 1.807) is 31.3 Å². The number of likely N-dealkylation sites (N-methyl/N-ethyl adjacent to an activating group) is 1. The third kappa shape index (κ3) is 5.46. The van der Waals surface area contributed by atoms with Crippen molar-refractivity contribution in [2.45, 2.75) is 38.3 Å². The van der Waals surface area contributed by atoms with E-state index in [2.05, 4.69) is 15.3 Å². The van der Waals surface area contributed by atoms with Crippen molar-refractivity contribution < 1.29 is 23.2 Å². The lowest BCUT2D eigenvalue weighted by Gasteiger charge is -2.46. The number of hydrogen-bond donors (Lipinski definition) is 2. The second kappa shape index (κ2) is 11.3. The fourth-order valence-electron chi connectivity index (χ4n) is 4.58. The maximum Gasteiger partial charge on any atom is 0.325 e. The Morgan fingerprint density at radius 1 is 1.11 bits per heavy atom. The Labute approximate surface area is 218 Å². The Hall–Kier alpha value is -4.41. The fraction of sp³-hybridized carbons (Fsp3) is 0.296. The second-order valence-electron chi connectivity index (χ2n) is 9.12. The molecule has 3 atom stereocenters. The molecule has 1 saturated heterocycles. The molecule has 1 fully saturated rings. The summed E-state index contributed by atoms with van der Waals surface area (Å²) >= 11 is 0. The molecule has 3 heterocycles. The number of nitrogens with one attached hydrogen (secondary N) is 1. The number of pyridine rings is 2. The van der Waals surface area contributed by atoms with Crippen LogP contribution in [0.1, 0.15) is 36.9 Å². The van der Waals surface area contributed by atoms with E-state index in [-0.39, 0.29) is 12.2 Å². The highest BCUT2D eigenvalue weighted by atomic mass is 19.2. The topological polar surface area (TPSA) is 122 Å². The second-order valence-corrected chi connectivity index (χ2v) is 9.12. The standard InChI is InChI=1S/C27H28F2N6O3/c1-3-4-22(17-5-6-20(28)21(29)15-17)33-27(38)35-24(26(37)34(2)18-8-10-31-11-9-18)19(25(35)36)13-16-7-12-32-23(30)14-16/h5-12,14-15,19,22,24H,3-4,13H2,1-2H3,(H2,30,32)(H,33,38)/t19-,22-,24+/m1/s1. The number of urea groups is 1. The minimum absolute atomic E-state index is 0.178. The van der Waals surface area contributed by atoms with Crippen molar-refractivity contribution in [1.29, 1.82) is 0 Å². The van der Waals surface area contributed by atoms with Crippen molar-refractivity contribution in [3.8, 4) is 0 Å². The molecule has 1 aliphatic rings. The van der Waals surface area contributed by atoms with E-state index in [0.29, 0.717) is 29.7 Å². The summed E-state index contributed by atoms with van der Waals surface area (Å²) in [5.74, 6) is -3.57. The van der Waals surface area contributed by atoms with Gasteiger partial charge in [-0.15, -0.1) is 0 Å². The Morgan fingerprint density at radius 2 is 1.84 bits per heavy atom. The Balaban J connectivity index is 1.61. The van der Waals surface area contributed by atoms with E-state index < -0.39 is 47.5 Å². The van der Waals surface area contributed by atoms with Gasteiger partial charge in [-0.25, -0.2) is 18.6 Å². The van der Waals surface area contributed by atoms with Crippen LogP contribution in [0, 0.1) is 17.6 Å². The number of imide groups is 1. The van der Waals surface area contributed by atoms with Gasteiger partial charge in [-0.05, 0) is 60.4 Å². The van der Waals surface area contributed by atoms with Crippen LogP contribution in [-0.2, 0) is 16.0 Å². The highest BCUT2D eigenvalue weighted by Crippen LogP contribution is 2.33. The molecule has 1 aromatic carbocycles. The number of nitrogen functional groups attached to an aromatic ring is 1. The predicted octanol–water partition coefficient (Wildman–Crippen LogP) is 3.62. The normalized spacial score (nSPS) is 17.5. The number of hydrogen-bond acceptors (Lipinski definition) is 6. The Morgan fingerprint density at radius 3 is 2.50 bits per heavy atom. The van der Waals surface area contributed by atoms with Gasteiger partial charge in [0.15, 0.2) is 11.6 Å². The highest BCUT2D eigenvalue weighted by molar-refractivity contribution is 6.12. The number of carbonyl (C=O) groups excluding carboxylic acids is 3. The zero-order chi connectivity index (χ0) is 27.4. The summed E-state index contributed by atoms with van der Waals surface area (Å²) in [5, 5.41) is 2.74. The van der Waals surface area contributed by atoms with Gasteiger partial charge in [0, 0.05) is 31.3 Å². The van der Waals surface area contributed by atoms with Crippen molar-refractivity contribution in [1.82, 2.24) is 20.2 Å². The lowest BCUT2D eigenvalue weighted by Crippen LogP contribution is -2.70. The van der Waals surface area contributed by atoms with Crippen molar-refractivity contribution in [3.05, 3.63) is 83.8 Å². The highest BCUT2D eigenvalue weighted by Gasteiger charge is 2.55. The van der Waals surface area contributed by atoms with Gasteiger partial charge >= 0.3 is 6.03 Å². The first kappa shape index (κ1) is 26.6. The zero-order valence-electron chi connectivity index (χ0n) is 21.0. The van der Waals surface area contributed by atoms with Crippen LogP contribution in [0.3, 0.4) is 0 Å². The molecular weight excluding hydrogens is 494 g/mol. The number of amides is 4. The molecule has 0 saturated carbocycles. The van der Waals surface area contributed by atoms with Crippen molar-refractivity contribution in [2.24, 2.45) is 5.92 Å². The molecule has 3 aromatic rings. The van der Waals surface area contributed by atoms with E-state index in [1.165, 1.54) is 29.6 Å². The summed E-state index contributed by atoms with van der Waals surface area (Å²) in [6.07, 6.45) is 5.78. The van der Waals surface area contributed by atoms with Crippen LogP contribution in [0.5, 0.6) is 0 Å². The molecule has 198 valence electrons. The molecule has 0 radical (unpaired) electrons. The number of aromatic nitrogens is 2. The summed E-state index contributed by atoms with van der Waals surface area (Å²) in [4.78, 5) is 50.5. The molecule has 4 rings (SSSR count). The van der Waals surface area contributed by atoms with Gasteiger partial charge in [-0.1, -0.05) is 19.4 Å². The van der Waals surface area contributed by atoms with Crippen molar-refractivity contribution in [3.63, 3.8) is 0 Å². The summed E-state index contributed by atoms with van der Waals surface area (Å²) < 4.78 is 27.4. The quantitative estimate of drug-likeness (QED) is 0.436. The van der Waals surface area contributed by atoms with Crippen LogP contribution in [-0.4, -0.2) is 45.8 Å². The number of anilines is 2. The molecule has 0 bridgehead atoms. The zero-order valence-corrected chi connectivity index (χ0v) is 21.0. The van der Waals surface area contributed by atoms with E-state index in [9.17, 15) is 23.2 Å². The largest absolute Gasteiger partial charge is 0.384 e. The molecule has 0 aliphatic carbocycles. The number of nitrogens with zero attached hydrogens (tertiary/aromatic N) is 4. The summed E-state index contributed by atoms with van der Waals surface area (Å²) in [5.41, 5.74) is 7.38. The minimum Gasteiger partial charge on any atom is -0.384 e. The van der Waals surface area contributed by atoms with Crippen LogP contribution in [0.2, 0.25) is 0 Å². The molecular formula is C27H28F2N6O3. The van der Waals surface area contributed by atoms with E-state index in [1.807, 2.05) is 6.92 Å². The maximum atomic E-state index is 13.9. The summed E-state index contributed by atoms with van der Waals surface area (Å²) in [6.45, 7) is 1.88. The summed E-state index contributed by atoms with van der Waals surface area (Å²) in [6, 6.07) is 7.41. The third-order valence-corrected chi connectivity index (χ3v) is 6.59. The van der Waals surface area contributed by atoms with Gasteiger partial charge in [-0.3, -0.25) is 19.5 Å². The number of likely N-dealkylation sites (tertiary alicyclic amines) is 1. The number of benzene rings is 1. The molecule has 3 N–H and O–H groups in total. The molecule has 38 heavy (non-hydrogen) atoms. The van der Waals surface area contributed by atoms with Crippen LogP contribution in [0.25, 0.3) is 0 Å². The number of carbonyl (C=O) groups is 3. The summed E-state index contributed by atoms with van der Waals surface area (Å²) in [7, 11) is 1.55. The maximum absolute atomic E-state index is 13.9. The van der Waals surface area contributed by atoms with Crippen molar-refractivity contribution >= 4 is 29.4 Å². The third-order valence-electron chi connectivity index (χ3n) is 6.59. The first-order valence-electron chi connectivity index (χ1n) is 12.2. The number of β-lactam (4-membered cyclic amide) rings is 1. The van der Waals surface area contributed by atoms with Gasteiger partial charge < -0.3 is 16.0 Å². The van der Waals surface area contributed by atoms with Gasteiger partial charge in [0.1, 0.15) is 11.9 Å². The monoisotopic (exact) mass is 522 g/mol. The van der Waals surface area contributed by atoms with Crippen molar-refractivity contribution in [2.75, 3.05) is 17.7 Å². The van der Waals surface area contributed by atoms with E-state index >= 15 is 0 Å². The smallest absolute Gasteiger partial charge is 0.325 e. The Bertz CT molecular complexity index is 1340. The van der Waals surface area contributed by atoms with Crippen LogP contribution in [0.15, 0.2) is 61.1 Å². The molecule has 9 nitrogen and oxygen atoms in total. The molecule has 0 spiro atoms. The van der Waals surface area contributed by atoms with Gasteiger partial charge in [0.25, 0.3) is 5.91 Å². The predicted molar refractivity (Wildman–Crippen MR) is 137 cm³/mol. The first-order chi connectivity index (χ1) is 18.2. The van der Waals surface area contributed by atoms with Crippen LogP contribution >= 0.6 is 0 Å². The lowest BCUT2D eigenvalue weighted by atomic mass is 9.81. The van der Waals surface area contributed by atoms with Crippen LogP contribution in [0.4, 0.5) is 25.1 Å². The van der Waals surface area contributed by atoms with Gasteiger partial charge in [0.05, 0.1) is 12.0 Å². The number of nitrogens with two attached hydrogens (primary N) is 1.